The van der Waals surface area contributed by atoms with Gasteiger partial charge < -0.3 is 14.2 Å². The SMILES string of the molecule is C#CCOC(=O)/C=C/c1cc(Br)c(OCc2ccc(Cl)cc2Cl)c(OC)c1. The molecule has 0 fully saturated rings. The molecule has 4 nitrogen and oxygen atoms in total. The van der Waals surface area contributed by atoms with Crippen LogP contribution in [-0.4, -0.2) is 19.7 Å². The summed E-state index contributed by atoms with van der Waals surface area (Å²) < 4.78 is 16.7. The van der Waals surface area contributed by atoms with Gasteiger partial charge in [-0.25, -0.2) is 4.79 Å². The van der Waals surface area contributed by atoms with Gasteiger partial charge in [0, 0.05) is 21.7 Å². The van der Waals surface area contributed by atoms with Crippen molar-refractivity contribution in [1.82, 2.24) is 0 Å². The highest BCUT2D eigenvalue weighted by Gasteiger charge is 2.12. The standard InChI is InChI=1S/C20H15BrCl2O4/c1-3-8-26-19(24)7-4-13-9-16(21)20(18(10-13)25-2)27-12-14-5-6-15(22)11-17(14)23/h1,4-7,9-11H,8,12H2,2H3/b7-4+. The maximum atomic E-state index is 11.5. The Labute approximate surface area is 176 Å². The van der Waals surface area contributed by atoms with Crippen LogP contribution in [0.2, 0.25) is 10.0 Å². The first-order valence-electron chi connectivity index (χ1n) is 7.67. The highest BCUT2D eigenvalue weighted by molar-refractivity contribution is 9.10. The fourth-order valence-corrected chi connectivity index (χ4v) is 3.13. The van der Waals surface area contributed by atoms with E-state index in [1.54, 1.807) is 36.4 Å². The molecule has 2 aromatic carbocycles. The summed E-state index contributed by atoms with van der Waals surface area (Å²) in [7, 11) is 1.53. The number of rotatable bonds is 7. The van der Waals surface area contributed by atoms with Crippen LogP contribution in [-0.2, 0) is 16.1 Å². The Balaban J connectivity index is 2.17. The molecule has 2 rings (SSSR count). The number of hydrogen-bond donors (Lipinski definition) is 0. The van der Waals surface area contributed by atoms with Crippen molar-refractivity contribution in [3.63, 3.8) is 0 Å². The number of benzene rings is 2. The highest BCUT2D eigenvalue weighted by atomic mass is 79.9. The van der Waals surface area contributed by atoms with Gasteiger partial charge in [-0.15, -0.1) is 6.42 Å². The lowest BCUT2D eigenvalue weighted by atomic mass is 10.2. The van der Waals surface area contributed by atoms with Gasteiger partial charge in [0.2, 0.25) is 0 Å². The van der Waals surface area contributed by atoms with E-state index in [1.165, 1.54) is 13.2 Å². The molecular weight excluding hydrogens is 455 g/mol. The van der Waals surface area contributed by atoms with Crippen molar-refractivity contribution in [2.24, 2.45) is 0 Å². The zero-order valence-electron chi connectivity index (χ0n) is 14.3. The van der Waals surface area contributed by atoms with Crippen LogP contribution in [0, 0.1) is 12.3 Å². The van der Waals surface area contributed by atoms with Crippen LogP contribution in [0.5, 0.6) is 11.5 Å². The second kappa shape index (κ2) is 10.3. The lowest BCUT2D eigenvalue weighted by Gasteiger charge is -2.14. The van der Waals surface area contributed by atoms with Gasteiger partial charge in [0.05, 0.1) is 11.6 Å². The summed E-state index contributed by atoms with van der Waals surface area (Å²) in [5, 5.41) is 1.07. The second-order valence-electron chi connectivity index (χ2n) is 5.20. The maximum Gasteiger partial charge on any atom is 0.331 e. The van der Waals surface area contributed by atoms with Gasteiger partial charge in [0.25, 0.3) is 0 Å². The van der Waals surface area contributed by atoms with Crippen LogP contribution in [0.25, 0.3) is 6.08 Å². The highest BCUT2D eigenvalue weighted by Crippen LogP contribution is 2.38. The molecule has 0 heterocycles. The fourth-order valence-electron chi connectivity index (χ4n) is 2.09. The van der Waals surface area contributed by atoms with Gasteiger partial charge in [-0.05, 0) is 51.8 Å². The van der Waals surface area contributed by atoms with Gasteiger partial charge in [-0.3, -0.25) is 0 Å². The number of hydrogen-bond acceptors (Lipinski definition) is 4. The Morgan fingerprint density at radius 1 is 1.30 bits per heavy atom. The maximum absolute atomic E-state index is 11.5. The van der Waals surface area contributed by atoms with Gasteiger partial charge in [-0.2, -0.15) is 0 Å². The molecule has 0 aliphatic carbocycles. The Bertz CT molecular complexity index is 904. The van der Waals surface area contributed by atoms with Crippen molar-refractivity contribution in [3.8, 4) is 23.8 Å². The van der Waals surface area contributed by atoms with E-state index in [2.05, 4.69) is 21.9 Å². The van der Waals surface area contributed by atoms with Gasteiger partial charge in [0.1, 0.15) is 6.61 Å². The van der Waals surface area contributed by atoms with E-state index in [0.717, 1.165) is 5.56 Å². The van der Waals surface area contributed by atoms with Gasteiger partial charge in [-0.1, -0.05) is 35.2 Å². The van der Waals surface area contributed by atoms with Gasteiger partial charge >= 0.3 is 5.97 Å². The molecular formula is C20H15BrCl2O4. The molecule has 0 atom stereocenters. The van der Waals surface area contributed by atoms with E-state index in [4.69, 9.17) is 43.8 Å². The number of carbonyl (C=O) groups is 1. The molecule has 140 valence electrons. The van der Waals surface area contributed by atoms with E-state index in [1.807, 2.05) is 0 Å². The molecule has 2 aromatic rings. The van der Waals surface area contributed by atoms with E-state index in [9.17, 15) is 4.79 Å². The first-order chi connectivity index (χ1) is 12.9. The number of terminal acetylenes is 1. The Morgan fingerprint density at radius 2 is 2.07 bits per heavy atom. The zero-order chi connectivity index (χ0) is 19.8. The van der Waals surface area contributed by atoms with E-state index < -0.39 is 5.97 Å². The van der Waals surface area contributed by atoms with E-state index >= 15 is 0 Å². The number of halogens is 3. The zero-order valence-corrected chi connectivity index (χ0v) is 17.4. The number of ether oxygens (including phenoxy) is 3. The fraction of sp³-hybridized carbons (Fsp3) is 0.150. The summed E-state index contributed by atoms with van der Waals surface area (Å²) in [6, 6.07) is 8.71. The minimum Gasteiger partial charge on any atom is -0.493 e. The first-order valence-corrected chi connectivity index (χ1v) is 9.22. The van der Waals surface area contributed by atoms with Crippen LogP contribution in [0.3, 0.4) is 0 Å². The van der Waals surface area contributed by atoms with Crippen molar-refractivity contribution in [2.45, 2.75) is 6.61 Å². The third-order valence-electron chi connectivity index (χ3n) is 3.35. The largest absolute Gasteiger partial charge is 0.493 e. The topological polar surface area (TPSA) is 44.8 Å². The summed E-state index contributed by atoms with van der Waals surface area (Å²) >= 11 is 15.5. The summed E-state index contributed by atoms with van der Waals surface area (Å²) in [6.07, 6.45) is 7.92. The van der Waals surface area contributed by atoms with Crippen LogP contribution in [0.1, 0.15) is 11.1 Å². The average Bonchev–Trinajstić information content (AvgIpc) is 2.64. The Hall–Kier alpha value is -2.13. The Morgan fingerprint density at radius 3 is 2.74 bits per heavy atom. The van der Waals surface area contributed by atoms with Crippen LogP contribution < -0.4 is 9.47 Å². The lowest BCUT2D eigenvalue weighted by Crippen LogP contribution is -2.01. The molecule has 0 aromatic heterocycles. The molecule has 0 N–H and O–H groups in total. The minimum absolute atomic E-state index is 0.0732. The van der Waals surface area contributed by atoms with Crippen LogP contribution in [0.15, 0.2) is 40.9 Å². The summed E-state index contributed by atoms with van der Waals surface area (Å²) in [4.78, 5) is 11.5. The van der Waals surface area contributed by atoms with Gasteiger partial charge in [0.15, 0.2) is 18.1 Å². The van der Waals surface area contributed by atoms with Crippen molar-refractivity contribution in [2.75, 3.05) is 13.7 Å². The lowest BCUT2D eigenvalue weighted by molar-refractivity contribution is -0.136. The second-order valence-corrected chi connectivity index (χ2v) is 6.90. The third-order valence-corrected chi connectivity index (χ3v) is 4.52. The molecule has 27 heavy (non-hydrogen) atoms. The first kappa shape index (κ1) is 21.2. The number of methoxy groups -OCH3 is 1. The molecule has 7 heteroatoms. The summed E-state index contributed by atoms with van der Waals surface area (Å²) in [5.74, 6) is 2.70. The van der Waals surface area contributed by atoms with E-state index in [0.29, 0.717) is 31.6 Å². The predicted molar refractivity (Wildman–Crippen MR) is 110 cm³/mol. The molecule has 0 unspecified atom stereocenters. The number of carbonyl (C=O) groups excluding carboxylic acids is 1. The van der Waals surface area contributed by atoms with Crippen molar-refractivity contribution in [3.05, 3.63) is 62.1 Å². The average molecular weight is 470 g/mol. The van der Waals surface area contributed by atoms with Crippen molar-refractivity contribution in [1.29, 1.82) is 0 Å². The minimum atomic E-state index is -0.527. The van der Waals surface area contributed by atoms with Crippen molar-refractivity contribution < 1.29 is 19.0 Å². The molecule has 0 aliphatic rings. The van der Waals surface area contributed by atoms with Crippen molar-refractivity contribution >= 4 is 51.2 Å². The quantitative estimate of drug-likeness (QED) is 0.303. The summed E-state index contributed by atoms with van der Waals surface area (Å²) in [5.41, 5.74) is 1.50. The normalized spacial score (nSPS) is 10.5. The summed E-state index contributed by atoms with van der Waals surface area (Å²) in [6.45, 7) is 0.161. The van der Waals surface area contributed by atoms with Crippen LogP contribution in [0.4, 0.5) is 0 Å². The molecule has 0 aliphatic heterocycles. The van der Waals surface area contributed by atoms with Crippen LogP contribution >= 0.6 is 39.1 Å². The molecule has 0 spiro atoms. The molecule has 0 bridgehead atoms. The monoisotopic (exact) mass is 468 g/mol. The smallest absolute Gasteiger partial charge is 0.331 e. The third kappa shape index (κ3) is 6.21. The molecule has 0 saturated heterocycles. The Kier molecular flexibility index (Phi) is 8.05. The predicted octanol–water partition coefficient (Wildman–Crippen LogP) is 5.53. The molecule has 0 saturated carbocycles. The molecule has 0 radical (unpaired) electrons. The van der Waals surface area contributed by atoms with E-state index in [-0.39, 0.29) is 13.2 Å². The number of esters is 1. The molecule has 0 amide bonds.